The number of ether oxygens (including phenoxy) is 1. The molecule has 1 aromatic rings. The Bertz CT molecular complexity index is 693. The van der Waals surface area contributed by atoms with Crippen LogP contribution in [0, 0.1) is 24.7 Å². The zero-order valence-corrected chi connectivity index (χ0v) is 14.8. The molecule has 0 aliphatic carbocycles. The number of hydrogen-bond donors (Lipinski definition) is 1. The number of anilines is 1. The maximum absolute atomic E-state index is 12.9. The van der Waals surface area contributed by atoms with Gasteiger partial charge in [-0.1, -0.05) is 6.07 Å². The van der Waals surface area contributed by atoms with E-state index in [0.717, 1.165) is 37.4 Å². The molecule has 0 saturated carbocycles. The molecule has 3 atom stereocenters. The van der Waals surface area contributed by atoms with E-state index in [2.05, 4.69) is 5.32 Å². The summed E-state index contributed by atoms with van der Waals surface area (Å²) in [5, 5.41) is 3.39. The van der Waals surface area contributed by atoms with Gasteiger partial charge in [0.05, 0.1) is 18.7 Å². The standard InChI is InChI=1S/C19H25N3O3/c1-12-3-4-17(25-2)16(5-12)22-11-13(6-18(22)23)19(24)21-9-14-7-20-8-15(14)10-21/h3-5,13-15,20H,6-11H2,1-2H3/t13?,14-,15+. The van der Waals surface area contributed by atoms with Crippen molar-refractivity contribution in [2.24, 2.45) is 17.8 Å². The van der Waals surface area contributed by atoms with Gasteiger partial charge in [-0.25, -0.2) is 0 Å². The topological polar surface area (TPSA) is 61.9 Å². The number of fused-ring (bicyclic) bond motifs is 1. The average molecular weight is 343 g/mol. The predicted molar refractivity (Wildman–Crippen MR) is 94.6 cm³/mol. The summed E-state index contributed by atoms with van der Waals surface area (Å²) < 4.78 is 5.41. The first-order valence-corrected chi connectivity index (χ1v) is 9.01. The largest absolute Gasteiger partial charge is 0.495 e. The molecule has 3 aliphatic heterocycles. The molecule has 0 spiro atoms. The molecule has 0 radical (unpaired) electrons. The Morgan fingerprint density at radius 2 is 1.92 bits per heavy atom. The lowest BCUT2D eigenvalue weighted by Crippen LogP contribution is -2.37. The summed E-state index contributed by atoms with van der Waals surface area (Å²) >= 11 is 0. The molecule has 4 rings (SSSR count). The fourth-order valence-electron chi connectivity index (χ4n) is 4.41. The number of carbonyl (C=O) groups excluding carboxylic acids is 2. The number of nitrogens with one attached hydrogen (secondary N) is 1. The Morgan fingerprint density at radius 1 is 1.20 bits per heavy atom. The first-order valence-electron chi connectivity index (χ1n) is 9.01. The zero-order valence-electron chi connectivity index (χ0n) is 14.8. The lowest BCUT2D eigenvalue weighted by Gasteiger charge is -2.23. The van der Waals surface area contributed by atoms with Gasteiger partial charge in [0.1, 0.15) is 5.75 Å². The number of aryl methyl sites for hydroxylation is 1. The van der Waals surface area contributed by atoms with E-state index in [9.17, 15) is 9.59 Å². The van der Waals surface area contributed by atoms with Gasteiger partial charge in [-0.15, -0.1) is 0 Å². The minimum absolute atomic E-state index is 0.00306. The second kappa shape index (κ2) is 6.33. The molecule has 6 heteroatoms. The van der Waals surface area contributed by atoms with Gasteiger partial charge in [0.25, 0.3) is 0 Å². The quantitative estimate of drug-likeness (QED) is 0.891. The fraction of sp³-hybridized carbons (Fsp3) is 0.579. The van der Waals surface area contributed by atoms with E-state index in [1.54, 1.807) is 12.0 Å². The van der Waals surface area contributed by atoms with E-state index in [1.165, 1.54) is 0 Å². The average Bonchev–Trinajstić information content (AvgIpc) is 3.28. The van der Waals surface area contributed by atoms with Gasteiger partial charge in [0.2, 0.25) is 11.8 Å². The van der Waals surface area contributed by atoms with Crippen LogP contribution in [0.3, 0.4) is 0 Å². The van der Waals surface area contributed by atoms with Crippen LogP contribution in [0.5, 0.6) is 5.75 Å². The van der Waals surface area contributed by atoms with Crippen LogP contribution in [0.15, 0.2) is 18.2 Å². The number of hydrogen-bond acceptors (Lipinski definition) is 4. The Kier molecular flexibility index (Phi) is 4.15. The minimum atomic E-state index is -0.246. The number of likely N-dealkylation sites (tertiary alicyclic amines) is 1. The van der Waals surface area contributed by atoms with Crippen LogP contribution in [-0.2, 0) is 9.59 Å². The highest BCUT2D eigenvalue weighted by Gasteiger charge is 2.43. The van der Waals surface area contributed by atoms with Gasteiger partial charge in [-0.2, -0.15) is 0 Å². The molecule has 3 fully saturated rings. The summed E-state index contributed by atoms with van der Waals surface area (Å²) in [7, 11) is 1.61. The summed E-state index contributed by atoms with van der Waals surface area (Å²) in [5.41, 5.74) is 1.84. The van der Waals surface area contributed by atoms with Crippen LogP contribution >= 0.6 is 0 Å². The van der Waals surface area contributed by atoms with Gasteiger partial charge in [-0.3, -0.25) is 9.59 Å². The molecule has 3 heterocycles. The smallest absolute Gasteiger partial charge is 0.228 e. The van der Waals surface area contributed by atoms with Gasteiger partial charge in [0.15, 0.2) is 0 Å². The van der Waals surface area contributed by atoms with Crippen molar-refractivity contribution in [3.63, 3.8) is 0 Å². The van der Waals surface area contributed by atoms with E-state index in [0.29, 0.717) is 30.6 Å². The Balaban J connectivity index is 1.49. The minimum Gasteiger partial charge on any atom is -0.495 e. The van der Waals surface area contributed by atoms with Crippen molar-refractivity contribution in [2.45, 2.75) is 13.3 Å². The van der Waals surface area contributed by atoms with E-state index < -0.39 is 0 Å². The predicted octanol–water partition coefficient (Wildman–Crippen LogP) is 1.03. The van der Waals surface area contributed by atoms with Crippen LogP contribution in [0.2, 0.25) is 0 Å². The third-order valence-electron chi connectivity index (χ3n) is 5.80. The fourth-order valence-corrected chi connectivity index (χ4v) is 4.41. The van der Waals surface area contributed by atoms with Gasteiger partial charge in [0, 0.05) is 39.1 Å². The second-order valence-corrected chi connectivity index (χ2v) is 7.50. The highest BCUT2D eigenvalue weighted by molar-refractivity contribution is 6.01. The third kappa shape index (κ3) is 2.88. The molecule has 0 aromatic heterocycles. The second-order valence-electron chi connectivity index (χ2n) is 7.50. The van der Waals surface area contributed by atoms with Crippen LogP contribution in [-0.4, -0.2) is 56.5 Å². The first-order chi connectivity index (χ1) is 12.1. The number of amides is 2. The monoisotopic (exact) mass is 343 g/mol. The van der Waals surface area contributed by atoms with Crippen LogP contribution in [0.4, 0.5) is 5.69 Å². The van der Waals surface area contributed by atoms with E-state index in [4.69, 9.17) is 4.74 Å². The Labute approximate surface area is 148 Å². The molecule has 1 aromatic carbocycles. The number of benzene rings is 1. The number of nitrogens with zero attached hydrogens (tertiary/aromatic N) is 2. The molecular formula is C19H25N3O3. The normalized spacial score (nSPS) is 28.6. The van der Waals surface area contributed by atoms with Gasteiger partial charge in [-0.05, 0) is 36.5 Å². The maximum Gasteiger partial charge on any atom is 0.228 e. The lowest BCUT2D eigenvalue weighted by atomic mass is 10.0. The Morgan fingerprint density at radius 3 is 2.60 bits per heavy atom. The lowest BCUT2D eigenvalue weighted by molar-refractivity contribution is -0.135. The van der Waals surface area contributed by atoms with Crippen LogP contribution in [0.25, 0.3) is 0 Å². The van der Waals surface area contributed by atoms with Crippen LogP contribution in [0.1, 0.15) is 12.0 Å². The number of rotatable bonds is 3. The van der Waals surface area contributed by atoms with Crippen molar-refractivity contribution in [2.75, 3.05) is 44.7 Å². The van der Waals surface area contributed by atoms with Crippen molar-refractivity contribution in [3.05, 3.63) is 23.8 Å². The SMILES string of the molecule is COc1ccc(C)cc1N1CC(C(=O)N2C[C@H]3CNC[C@H]3C2)CC1=O. The molecule has 2 amide bonds. The summed E-state index contributed by atoms with van der Waals surface area (Å²) in [6.45, 7) is 6.10. The third-order valence-corrected chi connectivity index (χ3v) is 5.80. The van der Waals surface area contributed by atoms with Gasteiger partial charge < -0.3 is 19.9 Å². The molecule has 0 bridgehead atoms. The molecule has 1 N–H and O–H groups in total. The molecule has 134 valence electrons. The van der Waals surface area contributed by atoms with E-state index in [-0.39, 0.29) is 17.7 Å². The molecule has 25 heavy (non-hydrogen) atoms. The van der Waals surface area contributed by atoms with E-state index >= 15 is 0 Å². The summed E-state index contributed by atoms with van der Waals surface area (Å²) in [5.74, 6) is 1.72. The van der Waals surface area contributed by atoms with Crippen molar-refractivity contribution in [1.82, 2.24) is 10.2 Å². The van der Waals surface area contributed by atoms with E-state index in [1.807, 2.05) is 30.0 Å². The first kappa shape index (κ1) is 16.4. The summed E-state index contributed by atoms with van der Waals surface area (Å²) in [6.07, 6.45) is 0.292. The molecule has 3 saturated heterocycles. The maximum atomic E-state index is 12.9. The summed E-state index contributed by atoms with van der Waals surface area (Å²) in [4.78, 5) is 29.2. The zero-order chi connectivity index (χ0) is 17.6. The number of methoxy groups -OCH3 is 1. The number of carbonyl (C=O) groups is 2. The highest BCUT2D eigenvalue weighted by Crippen LogP contribution is 2.35. The molecular weight excluding hydrogens is 318 g/mol. The van der Waals surface area contributed by atoms with Crippen molar-refractivity contribution < 1.29 is 14.3 Å². The Hall–Kier alpha value is -2.08. The molecule has 3 aliphatic rings. The summed E-state index contributed by atoms with van der Waals surface area (Å²) in [6, 6.07) is 5.79. The van der Waals surface area contributed by atoms with Crippen molar-refractivity contribution in [1.29, 1.82) is 0 Å². The molecule has 1 unspecified atom stereocenters. The van der Waals surface area contributed by atoms with Crippen LogP contribution < -0.4 is 15.0 Å². The van der Waals surface area contributed by atoms with Crippen molar-refractivity contribution >= 4 is 17.5 Å². The highest BCUT2D eigenvalue weighted by atomic mass is 16.5. The van der Waals surface area contributed by atoms with Gasteiger partial charge >= 0.3 is 0 Å². The molecule has 6 nitrogen and oxygen atoms in total. The van der Waals surface area contributed by atoms with Crippen molar-refractivity contribution in [3.8, 4) is 5.75 Å².